The average molecular weight is 473 g/mol. The second kappa shape index (κ2) is 9.02. The molecule has 1 aromatic heterocycles. The van der Waals surface area contributed by atoms with Gasteiger partial charge < -0.3 is 4.57 Å². The van der Waals surface area contributed by atoms with Crippen LogP contribution in [0.15, 0.2) is 54.1 Å². The highest BCUT2D eigenvalue weighted by Gasteiger charge is 2.37. The van der Waals surface area contributed by atoms with Gasteiger partial charge in [0.05, 0.1) is 16.3 Å². The summed E-state index contributed by atoms with van der Waals surface area (Å²) in [5.41, 5.74) is 4.40. The number of anilines is 1. The number of nitro groups is 1. The Morgan fingerprint density at radius 1 is 0.971 bits per heavy atom. The van der Waals surface area contributed by atoms with E-state index in [9.17, 15) is 24.5 Å². The van der Waals surface area contributed by atoms with Crippen molar-refractivity contribution in [1.82, 2.24) is 9.88 Å². The van der Waals surface area contributed by atoms with Gasteiger partial charge in [-0.15, -0.1) is 0 Å². The van der Waals surface area contributed by atoms with E-state index in [-0.39, 0.29) is 11.3 Å². The van der Waals surface area contributed by atoms with Crippen LogP contribution in [0.2, 0.25) is 0 Å². The molecule has 9 heteroatoms. The Kier molecular flexibility index (Phi) is 6.09. The van der Waals surface area contributed by atoms with E-state index < -0.39 is 22.8 Å². The maximum atomic E-state index is 13.2. The highest BCUT2D eigenvalue weighted by Crippen LogP contribution is 2.28. The number of aromatic nitrogens is 1. The van der Waals surface area contributed by atoms with Crippen molar-refractivity contribution < 1.29 is 19.3 Å². The van der Waals surface area contributed by atoms with Crippen LogP contribution in [0.5, 0.6) is 0 Å². The van der Waals surface area contributed by atoms with Crippen molar-refractivity contribution in [2.45, 2.75) is 34.1 Å². The van der Waals surface area contributed by atoms with Crippen LogP contribution in [-0.4, -0.2) is 27.3 Å². The molecular weight excluding hydrogens is 448 g/mol. The molecule has 9 nitrogen and oxygen atoms in total. The number of nitrogens with zero attached hydrogens (tertiary/aromatic N) is 3. The lowest BCUT2D eigenvalue weighted by Gasteiger charge is -2.26. The molecule has 0 aliphatic carbocycles. The first-order valence-electron chi connectivity index (χ1n) is 11.1. The van der Waals surface area contributed by atoms with E-state index >= 15 is 0 Å². The van der Waals surface area contributed by atoms with Crippen molar-refractivity contribution in [2.75, 3.05) is 4.90 Å². The zero-order valence-electron chi connectivity index (χ0n) is 19.8. The van der Waals surface area contributed by atoms with Gasteiger partial charge in [-0.1, -0.05) is 25.1 Å². The Hall–Kier alpha value is -4.53. The topological polar surface area (TPSA) is 115 Å². The van der Waals surface area contributed by atoms with Crippen molar-refractivity contribution in [3.8, 4) is 5.69 Å². The van der Waals surface area contributed by atoms with E-state index in [1.807, 2.05) is 30.5 Å². The number of hydrogen-bond donors (Lipinski definition) is 1. The Bertz CT molecular complexity index is 1420. The number of nitrogens with one attached hydrogen (secondary N) is 1. The summed E-state index contributed by atoms with van der Waals surface area (Å²) < 4.78 is 1.82. The molecule has 2 heterocycles. The van der Waals surface area contributed by atoms with Crippen molar-refractivity contribution in [3.63, 3.8) is 0 Å². The minimum absolute atomic E-state index is 0.0000125. The second-order valence-corrected chi connectivity index (χ2v) is 8.37. The molecule has 0 radical (unpaired) electrons. The van der Waals surface area contributed by atoms with Gasteiger partial charge in [0.25, 0.3) is 17.5 Å². The number of hydrogen-bond acceptors (Lipinski definition) is 5. The molecule has 2 aromatic carbocycles. The zero-order valence-corrected chi connectivity index (χ0v) is 19.8. The fraction of sp³-hybridized carbons (Fsp3) is 0.192. The average Bonchev–Trinajstić information content (AvgIpc) is 3.10. The highest BCUT2D eigenvalue weighted by atomic mass is 16.6. The number of aryl methyl sites for hydroxylation is 3. The van der Waals surface area contributed by atoms with E-state index in [2.05, 4.69) is 5.32 Å². The second-order valence-electron chi connectivity index (χ2n) is 8.37. The van der Waals surface area contributed by atoms with Gasteiger partial charge in [0.2, 0.25) is 0 Å². The van der Waals surface area contributed by atoms with Crippen molar-refractivity contribution in [1.29, 1.82) is 0 Å². The number of imide groups is 2. The Morgan fingerprint density at radius 2 is 1.63 bits per heavy atom. The number of urea groups is 1. The lowest BCUT2D eigenvalue weighted by Crippen LogP contribution is -2.54. The summed E-state index contributed by atoms with van der Waals surface area (Å²) in [5, 5.41) is 13.6. The largest absolute Gasteiger partial charge is 0.335 e. The molecule has 4 rings (SSSR count). The molecule has 35 heavy (non-hydrogen) atoms. The number of carbonyl (C=O) groups excluding carboxylic acids is 3. The molecule has 0 spiro atoms. The highest BCUT2D eigenvalue weighted by molar-refractivity contribution is 6.39. The molecule has 178 valence electrons. The molecule has 3 aromatic rings. The number of barbiturate groups is 1. The SMILES string of the molecule is CCc1ccc(N2C(=O)NC(=O)/C(=C/c3cc(C)n(-c4ccc(C)c([N+](=O)[O-])c4)c3C)C2=O)cc1. The zero-order chi connectivity index (χ0) is 25.4. The van der Waals surface area contributed by atoms with Crippen LogP contribution in [0.25, 0.3) is 11.8 Å². The monoisotopic (exact) mass is 472 g/mol. The van der Waals surface area contributed by atoms with Gasteiger partial charge in [-0.2, -0.15) is 0 Å². The summed E-state index contributed by atoms with van der Waals surface area (Å²) in [5.74, 6) is -1.50. The van der Waals surface area contributed by atoms with Gasteiger partial charge >= 0.3 is 6.03 Å². The molecule has 0 atom stereocenters. The van der Waals surface area contributed by atoms with Gasteiger partial charge in [0.15, 0.2) is 0 Å². The summed E-state index contributed by atoms with van der Waals surface area (Å²) in [4.78, 5) is 50.2. The molecule has 0 bridgehead atoms. The number of nitro benzene ring substituents is 1. The third-order valence-electron chi connectivity index (χ3n) is 6.12. The predicted octanol–water partition coefficient (Wildman–Crippen LogP) is 4.54. The summed E-state index contributed by atoms with van der Waals surface area (Å²) in [7, 11) is 0. The van der Waals surface area contributed by atoms with Gasteiger partial charge in [0.1, 0.15) is 5.57 Å². The van der Waals surface area contributed by atoms with E-state index in [0.717, 1.165) is 22.6 Å². The van der Waals surface area contributed by atoms with Crippen LogP contribution in [-0.2, 0) is 16.0 Å². The first-order valence-corrected chi connectivity index (χ1v) is 11.1. The predicted molar refractivity (Wildman–Crippen MR) is 131 cm³/mol. The minimum Gasteiger partial charge on any atom is -0.318 e. The number of carbonyl (C=O) groups is 3. The molecule has 1 N–H and O–H groups in total. The van der Waals surface area contributed by atoms with E-state index in [0.29, 0.717) is 28.2 Å². The summed E-state index contributed by atoms with van der Waals surface area (Å²) in [6.45, 7) is 7.29. The smallest absolute Gasteiger partial charge is 0.318 e. The van der Waals surface area contributed by atoms with Crippen LogP contribution in [0.4, 0.5) is 16.2 Å². The molecular formula is C26H24N4O5. The van der Waals surface area contributed by atoms with Crippen LogP contribution < -0.4 is 10.2 Å². The maximum Gasteiger partial charge on any atom is 0.335 e. The minimum atomic E-state index is -0.807. The molecule has 0 saturated carbocycles. The van der Waals surface area contributed by atoms with Crippen molar-refractivity contribution in [2.24, 2.45) is 0 Å². The number of rotatable bonds is 5. The standard InChI is InChI=1S/C26H24N4O5/c1-5-18-7-10-20(11-8-18)29-25(32)22(24(31)27-26(29)33)13-19-12-16(3)28(17(19)4)21-9-6-15(2)23(14-21)30(34)35/h6-14H,5H2,1-4H3,(H,27,31,33)/b22-13-. The Labute approximate surface area is 201 Å². The van der Waals surface area contributed by atoms with E-state index in [4.69, 9.17) is 0 Å². The summed E-state index contributed by atoms with van der Waals surface area (Å²) in [6, 6.07) is 12.9. The van der Waals surface area contributed by atoms with Gasteiger partial charge in [-0.25, -0.2) is 9.69 Å². The van der Waals surface area contributed by atoms with Gasteiger partial charge in [-0.05, 0) is 68.7 Å². The first kappa shape index (κ1) is 23.6. The third-order valence-corrected chi connectivity index (χ3v) is 6.12. The molecule has 4 amide bonds. The van der Waals surface area contributed by atoms with Crippen molar-refractivity contribution in [3.05, 3.63) is 92.3 Å². The molecule has 1 fully saturated rings. The van der Waals surface area contributed by atoms with E-state index in [1.54, 1.807) is 44.2 Å². The van der Waals surface area contributed by atoms with Crippen LogP contribution in [0.3, 0.4) is 0 Å². The molecule has 1 aliphatic heterocycles. The lowest BCUT2D eigenvalue weighted by atomic mass is 10.1. The molecule has 0 unspecified atom stereocenters. The maximum absolute atomic E-state index is 13.2. The summed E-state index contributed by atoms with van der Waals surface area (Å²) >= 11 is 0. The Balaban J connectivity index is 1.75. The summed E-state index contributed by atoms with van der Waals surface area (Å²) in [6.07, 6.45) is 2.25. The van der Waals surface area contributed by atoms with Gasteiger partial charge in [0, 0.05) is 23.0 Å². The number of amides is 4. The molecule has 1 saturated heterocycles. The van der Waals surface area contributed by atoms with E-state index in [1.165, 1.54) is 12.1 Å². The fourth-order valence-electron chi connectivity index (χ4n) is 4.19. The Morgan fingerprint density at radius 3 is 2.26 bits per heavy atom. The number of benzene rings is 2. The normalized spacial score (nSPS) is 15.0. The van der Waals surface area contributed by atoms with Crippen LogP contribution in [0.1, 0.15) is 35.0 Å². The quantitative estimate of drug-likeness (QED) is 0.253. The van der Waals surface area contributed by atoms with Gasteiger partial charge in [-0.3, -0.25) is 25.0 Å². The first-order chi connectivity index (χ1) is 16.6. The van der Waals surface area contributed by atoms with Crippen LogP contribution >= 0.6 is 0 Å². The molecule has 1 aliphatic rings. The third kappa shape index (κ3) is 4.23. The fourth-order valence-corrected chi connectivity index (χ4v) is 4.19. The van der Waals surface area contributed by atoms with Crippen molar-refractivity contribution >= 4 is 35.3 Å². The lowest BCUT2D eigenvalue weighted by molar-refractivity contribution is -0.385. The van der Waals surface area contributed by atoms with Crippen LogP contribution in [0, 0.1) is 30.9 Å².